The fraction of sp³-hybridized carbons (Fsp3) is 0.846. The Hall–Kier alpha value is -0.660. The Morgan fingerprint density at radius 2 is 1.93 bits per heavy atom. The van der Waals surface area contributed by atoms with Gasteiger partial charge in [-0.3, -0.25) is 4.79 Å². The summed E-state index contributed by atoms with van der Waals surface area (Å²) in [5.41, 5.74) is -0.216. The molecule has 1 rings (SSSR count). The van der Waals surface area contributed by atoms with Crippen LogP contribution in [0.25, 0.3) is 0 Å². The number of carbonyl (C=O) groups excluding carboxylic acids is 2. The molecule has 0 N–H and O–H groups in total. The van der Waals surface area contributed by atoms with Crippen LogP contribution in [-0.2, 0) is 9.59 Å². The van der Waals surface area contributed by atoms with E-state index >= 15 is 0 Å². The van der Waals surface area contributed by atoms with E-state index in [1.807, 2.05) is 6.92 Å². The van der Waals surface area contributed by atoms with Gasteiger partial charge >= 0.3 is 0 Å². The lowest BCUT2D eigenvalue weighted by molar-refractivity contribution is -0.129. The number of ketones is 2. The van der Waals surface area contributed by atoms with E-state index in [-0.39, 0.29) is 11.2 Å². The summed E-state index contributed by atoms with van der Waals surface area (Å²) in [6.07, 6.45) is 7.60. The molecule has 0 radical (unpaired) electrons. The van der Waals surface area contributed by atoms with Crippen LogP contribution in [0.4, 0.5) is 0 Å². The van der Waals surface area contributed by atoms with E-state index in [4.69, 9.17) is 0 Å². The first-order valence-corrected chi connectivity index (χ1v) is 6.07. The normalized spacial score (nSPS) is 28.3. The second-order valence-electron chi connectivity index (χ2n) is 5.10. The van der Waals surface area contributed by atoms with Gasteiger partial charge in [-0.15, -0.1) is 0 Å². The standard InChI is InChI=1S/C13H22O2/c1-11(14)8-10-13(2)9-6-4-3-5-7-12(13)15/h3-10H2,1-2H3/t13-/m1/s1. The second kappa shape index (κ2) is 5.43. The van der Waals surface area contributed by atoms with Crippen LogP contribution in [0, 0.1) is 5.41 Å². The smallest absolute Gasteiger partial charge is 0.138 e. The van der Waals surface area contributed by atoms with E-state index in [1.54, 1.807) is 6.92 Å². The fourth-order valence-corrected chi connectivity index (χ4v) is 2.31. The maximum Gasteiger partial charge on any atom is 0.138 e. The summed E-state index contributed by atoms with van der Waals surface area (Å²) in [6.45, 7) is 3.65. The molecule has 0 aliphatic heterocycles. The SMILES string of the molecule is CC(=O)CC[C@@]1(C)CCCCCCC1=O. The minimum Gasteiger partial charge on any atom is -0.300 e. The van der Waals surface area contributed by atoms with Gasteiger partial charge in [-0.2, -0.15) is 0 Å². The van der Waals surface area contributed by atoms with Gasteiger partial charge in [0.15, 0.2) is 0 Å². The van der Waals surface area contributed by atoms with Crippen LogP contribution in [-0.4, -0.2) is 11.6 Å². The number of hydrogen-bond donors (Lipinski definition) is 0. The van der Waals surface area contributed by atoms with Gasteiger partial charge in [-0.1, -0.05) is 26.2 Å². The first-order valence-electron chi connectivity index (χ1n) is 6.07. The van der Waals surface area contributed by atoms with E-state index in [2.05, 4.69) is 0 Å². The van der Waals surface area contributed by atoms with Crippen molar-refractivity contribution in [2.24, 2.45) is 5.41 Å². The molecule has 1 aliphatic carbocycles. The van der Waals surface area contributed by atoms with Crippen molar-refractivity contribution in [1.29, 1.82) is 0 Å². The number of hydrogen-bond acceptors (Lipinski definition) is 2. The number of rotatable bonds is 3. The predicted molar refractivity (Wildman–Crippen MR) is 60.7 cm³/mol. The molecule has 1 atom stereocenters. The molecule has 2 heteroatoms. The van der Waals surface area contributed by atoms with Crippen molar-refractivity contribution in [3.8, 4) is 0 Å². The minimum atomic E-state index is -0.216. The van der Waals surface area contributed by atoms with Gasteiger partial charge in [0.2, 0.25) is 0 Å². The molecule has 0 heterocycles. The van der Waals surface area contributed by atoms with Crippen LogP contribution in [0.5, 0.6) is 0 Å². The molecule has 86 valence electrons. The van der Waals surface area contributed by atoms with Crippen molar-refractivity contribution < 1.29 is 9.59 Å². The topological polar surface area (TPSA) is 34.1 Å². The van der Waals surface area contributed by atoms with Crippen LogP contribution in [0.1, 0.15) is 65.2 Å². The van der Waals surface area contributed by atoms with Gasteiger partial charge in [-0.25, -0.2) is 0 Å². The van der Waals surface area contributed by atoms with E-state index < -0.39 is 0 Å². The predicted octanol–water partition coefficient (Wildman–Crippen LogP) is 3.29. The fourth-order valence-electron chi connectivity index (χ4n) is 2.31. The molecule has 1 aliphatic rings. The van der Waals surface area contributed by atoms with Crippen LogP contribution in [0.2, 0.25) is 0 Å². The van der Waals surface area contributed by atoms with Gasteiger partial charge in [0.1, 0.15) is 11.6 Å². The number of Topliss-reactive ketones (excluding diaryl/α,β-unsaturated/α-hetero) is 2. The molecular weight excluding hydrogens is 188 g/mol. The highest BCUT2D eigenvalue weighted by molar-refractivity contribution is 5.85. The Bertz CT molecular complexity index is 245. The molecule has 0 amide bonds. The largest absolute Gasteiger partial charge is 0.300 e. The van der Waals surface area contributed by atoms with Crippen molar-refractivity contribution in [3.63, 3.8) is 0 Å². The Balaban J connectivity index is 2.58. The Morgan fingerprint density at radius 3 is 2.60 bits per heavy atom. The van der Waals surface area contributed by atoms with Crippen molar-refractivity contribution in [2.75, 3.05) is 0 Å². The third-order valence-electron chi connectivity index (χ3n) is 3.58. The second-order valence-corrected chi connectivity index (χ2v) is 5.10. The lowest BCUT2D eigenvalue weighted by atomic mass is 9.73. The van der Waals surface area contributed by atoms with Crippen LogP contribution in [0.15, 0.2) is 0 Å². The summed E-state index contributed by atoms with van der Waals surface area (Å²) in [5.74, 6) is 0.578. The molecule has 0 unspecified atom stereocenters. The summed E-state index contributed by atoms with van der Waals surface area (Å²) < 4.78 is 0. The summed E-state index contributed by atoms with van der Waals surface area (Å²) in [5, 5.41) is 0. The average Bonchev–Trinajstić information content (AvgIpc) is 2.17. The van der Waals surface area contributed by atoms with Crippen molar-refractivity contribution in [2.45, 2.75) is 65.2 Å². The highest BCUT2D eigenvalue weighted by Crippen LogP contribution is 2.35. The van der Waals surface area contributed by atoms with E-state index in [1.165, 1.54) is 12.8 Å². The molecule has 1 saturated carbocycles. The lowest BCUT2D eigenvalue weighted by Gasteiger charge is -2.29. The van der Waals surface area contributed by atoms with Crippen LogP contribution in [0.3, 0.4) is 0 Å². The highest BCUT2D eigenvalue weighted by atomic mass is 16.1. The average molecular weight is 210 g/mol. The highest BCUT2D eigenvalue weighted by Gasteiger charge is 2.32. The van der Waals surface area contributed by atoms with Gasteiger partial charge in [0, 0.05) is 18.3 Å². The van der Waals surface area contributed by atoms with Crippen LogP contribution < -0.4 is 0 Å². The summed E-state index contributed by atoms with van der Waals surface area (Å²) in [6, 6.07) is 0. The maximum absolute atomic E-state index is 12.0. The molecular formula is C13H22O2. The number of carbonyl (C=O) groups is 2. The zero-order valence-corrected chi connectivity index (χ0v) is 9.97. The van der Waals surface area contributed by atoms with Crippen LogP contribution >= 0.6 is 0 Å². The molecule has 0 spiro atoms. The Morgan fingerprint density at radius 1 is 1.27 bits per heavy atom. The Kier molecular flexibility index (Phi) is 4.49. The van der Waals surface area contributed by atoms with E-state index in [0.29, 0.717) is 18.6 Å². The van der Waals surface area contributed by atoms with Gasteiger partial charge in [0.05, 0.1) is 0 Å². The molecule has 15 heavy (non-hydrogen) atoms. The third-order valence-corrected chi connectivity index (χ3v) is 3.58. The maximum atomic E-state index is 12.0. The molecule has 1 fully saturated rings. The molecule has 0 bridgehead atoms. The Labute approximate surface area is 92.4 Å². The van der Waals surface area contributed by atoms with Gasteiger partial charge in [-0.05, 0) is 26.2 Å². The molecule has 2 nitrogen and oxygen atoms in total. The molecule has 0 saturated heterocycles. The minimum absolute atomic E-state index is 0.200. The monoisotopic (exact) mass is 210 g/mol. The first-order chi connectivity index (χ1) is 7.04. The summed E-state index contributed by atoms with van der Waals surface area (Å²) >= 11 is 0. The first kappa shape index (κ1) is 12.4. The van der Waals surface area contributed by atoms with Crippen molar-refractivity contribution >= 4 is 11.6 Å². The van der Waals surface area contributed by atoms with Gasteiger partial charge in [0.25, 0.3) is 0 Å². The van der Waals surface area contributed by atoms with Crippen molar-refractivity contribution in [3.05, 3.63) is 0 Å². The van der Waals surface area contributed by atoms with Gasteiger partial charge < -0.3 is 4.79 Å². The summed E-state index contributed by atoms with van der Waals surface area (Å²) in [7, 11) is 0. The molecule has 0 aromatic rings. The van der Waals surface area contributed by atoms with E-state index in [0.717, 1.165) is 25.7 Å². The zero-order valence-electron chi connectivity index (χ0n) is 9.97. The molecule has 0 aromatic carbocycles. The third kappa shape index (κ3) is 3.77. The quantitative estimate of drug-likeness (QED) is 0.716. The summed E-state index contributed by atoms with van der Waals surface area (Å²) in [4.78, 5) is 23.0. The van der Waals surface area contributed by atoms with E-state index in [9.17, 15) is 9.59 Å². The molecule has 0 aromatic heterocycles. The van der Waals surface area contributed by atoms with Crippen molar-refractivity contribution in [1.82, 2.24) is 0 Å². The lowest BCUT2D eigenvalue weighted by Crippen LogP contribution is -2.29. The zero-order chi connectivity index (χ0) is 11.3.